The maximum atomic E-state index is 11.7. The molecule has 1 fully saturated rings. The highest BCUT2D eigenvalue weighted by Crippen LogP contribution is 2.22. The molecule has 2 rings (SSSR count). The minimum Gasteiger partial charge on any atom is -0.478 e. The molecule has 0 aromatic heterocycles. The second-order valence-electron chi connectivity index (χ2n) is 4.85. The van der Waals surface area contributed by atoms with Gasteiger partial charge in [-0.15, -0.1) is 0 Å². The first-order chi connectivity index (χ1) is 8.90. The van der Waals surface area contributed by atoms with Crippen LogP contribution < -0.4 is 5.32 Å². The summed E-state index contributed by atoms with van der Waals surface area (Å²) in [6.07, 6.45) is 1.42. The third kappa shape index (κ3) is 3.07. The van der Waals surface area contributed by atoms with E-state index in [9.17, 15) is 13.2 Å². The van der Waals surface area contributed by atoms with E-state index in [1.165, 1.54) is 6.07 Å². The number of carbonyl (C=O) groups is 1. The lowest BCUT2D eigenvalue weighted by molar-refractivity contribution is 0.0697. The van der Waals surface area contributed by atoms with Crippen LogP contribution in [0.4, 0.5) is 5.69 Å². The van der Waals surface area contributed by atoms with Gasteiger partial charge in [-0.25, -0.2) is 13.2 Å². The number of hydrogen-bond donors (Lipinski definition) is 2. The van der Waals surface area contributed by atoms with Crippen LogP contribution in [0.3, 0.4) is 0 Å². The lowest BCUT2D eigenvalue weighted by atomic mass is 10.1. The van der Waals surface area contributed by atoms with Gasteiger partial charge >= 0.3 is 5.97 Å². The van der Waals surface area contributed by atoms with Gasteiger partial charge in [-0.3, -0.25) is 0 Å². The zero-order chi connectivity index (χ0) is 14.0. The normalized spacial score (nSPS) is 21.2. The number of aromatic carboxylic acids is 1. The molecule has 6 heteroatoms. The van der Waals surface area contributed by atoms with Crippen molar-refractivity contribution in [2.24, 2.45) is 0 Å². The third-order valence-corrected chi connectivity index (χ3v) is 5.73. The Kier molecular flexibility index (Phi) is 3.80. The van der Waals surface area contributed by atoms with Gasteiger partial charge in [0, 0.05) is 12.2 Å². The molecular weight excluding hydrogens is 266 g/mol. The first-order valence-electron chi connectivity index (χ1n) is 6.19. The van der Waals surface area contributed by atoms with Crippen LogP contribution in [0.1, 0.15) is 28.8 Å². The quantitative estimate of drug-likeness (QED) is 0.878. The fourth-order valence-corrected chi connectivity index (χ4v) is 4.07. The molecule has 1 aliphatic heterocycles. The molecule has 0 spiro atoms. The van der Waals surface area contributed by atoms with Gasteiger partial charge in [-0.2, -0.15) is 0 Å². The van der Waals surface area contributed by atoms with Gasteiger partial charge in [-0.05, 0) is 43.5 Å². The minimum absolute atomic E-state index is 0.233. The van der Waals surface area contributed by atoms with E-state index in [2.05, 4.69) is 5.32 Å². The van der Waals surface area contributed by atoms with Crippen molar-refractivity contribution in [1.82, 2.24) is 0 Å². The van der Waals surface area contributed by atoms with Gasteiger partial charge in [0.15, 0.2) is 9.84 Å². The summed E-state index contributed by atoms with van der Waals surface area (Å²) < 4.78 is 23.4. The van der Waals surface area contributed by atoms with Crippen molar-refractivity contribution in [2.75, 3.05) is 17.6 Å². The van der Waals surface area contributed by atoms with Gasteiger partial charge in [0.1, 0.15) is 0 Å². The summed E-state index contributed by atoms with van der Waals surface area (Å²) in [5.74, 6) is -0.691. The number of nitrogens with one attached hydrogen (secondary N) is 1. The predicted molar refractivity (Wildman–Crippen MR) is 73.4 cm³/mol. The smallest absolute Gasteiger partial charge is 0.335 e. The molecule has 0 saturated carbocycles. The fourth-order valence-electron chi connectivity index (χ4n) is 2.31. The monoisotopic (exact) mass is 283 g/mol. The molecule has 1 heterocycles. The van der Waals surface area contributed by atoms with E-state index < -0.39 is 15.8 Å². The number of aryl methyl sites for hydroxylation is 1. The molecule has 104 valence electrons. The highest BCUT2D eigenvalue weighted by Gasteiger charge is 2.30. The number of carboxylic acids is 1. The van der Waals surface area contributed by atoms with E-state index in [1.54, 1.807) is 19.1 Å². The molecule has 5 nitrogen and oxygen atoms in total. The van der Waals surface area contributed by atoms with Crippen molar-refractivity contribution >= 4 is 21.5 Å². The highest BCUT2D eigenvalue weighted by molar-refractivity contribution is 7.92. The molecule has 1 aliphatic rings. The summed E-state index contributed by atoms with van der Waals surface area (Å²) in [4.78, 5) is 10.8. The zero-order valence-electron chi connectivity index (χ0n) is 10.7. The first kappa shape index (κ1) is 13.9. The Balaban J connectivity index is 2.06. The molecule has 2 N–H and O–H groups in total. The molecule has 0 amide bonds. The SMILES string of the molecule is Cc1cc(C(=O)O)ccc1NCC1CCCS1(=O)=O. The fraction of sp³-hybridized carbons (Fsp3) is 0.462. The van der Waals surface area contributed by atoms with Crippen LogP contribution in [0.5, 0.6) is 0 Å². The van der Waals surface area contributed by atoms with Gasteiger partial charge < -0.3 is 10.4 Å². The number of benzene rings is 1. The lowest BCUT2D eigenvalue weighted by Crippen LogP contribution is -2.25. The van der Waals surface area contributed by atoms with Crippen molar-refractivity contribution in [2.45, 2.75) is 25.0 Å². The van der Waals surface area contributed by atoms with Crippen LogP contribution in [0.2, 0.25) is 0 Å². The second-order valence-corrected chi connectivity index (χ2v) is 7.25. The number of hydrogen-bond acceptors (Lipinski definition) is 4. The maximum Gasteiger partial charge on any atom is 0.335 e. The van der Waals surface area contributed by atoms with E-state index in [1.807, 2.05) is 0 Å². The van der Waals surface area contributed by atoms with Crippen molar-refractivity contribution in [1.29, 1.82) is 0 Å². The highest BCUT2D eigenvalue weighted by atomic mass is 32.2. The lowest BCUT2D eigenvalue weighted by Gasteiger charge is -2.14. The Morgan fingerprint density at radius 3 is 2.74 bits per heavy atom. The minimum atomic E-state index is -2.95. The molecule has 1 aromatic rings. The summed E-state index contributed by atoms with van der Waals surface area (Å²) in [5, 5.41) is 11.6. The molecule has 1 saturated heterocycles. The van der Waals surface area contributed by atoms with Crippen LogP contribution >= 0.6 is 0 Å². The summed E-state index contributed by atoms with van der Waals surface area (Å²) in [6, 6.07) is 4.77. The number of anilines is 1. The molecule has 1 unspecified atom stereocenters. The van der Waals surface area contributed by atoms with E-state index >= 15 is 0 Å². The Hall–Kier alpha value is -1.56. The third-order valence-electron chi connectivity index (χ3n) is 3.46. The molecule has 19 heavy (non-hydrogen) atoms. The standard InChI is InChI=1S/C13H17NO4S/c1-9-7-10(13(15)16)4-5-12(9)14-8-11-3-2-6-19(11,17)18/h4-5,7,11,14H,2-3,6,8H2,1H3,(H,15,16). The summed E-state index contributed by atoms with van der Waals surface area (Å²) in [7, 11) is -2.95. The van der Waals surface area contributed by atoms with Gasteiger partial charge in [0.2, 0.25) is 0 Å². The Bertz CT molecular complexity index is 595. The van der Waals surface area contributed by atoms with Gasteiger partial charge in [0.05, 0.1) is 16.6 Å². The van der Waals surface area contributed by atoms with Crippen LogP contribution in [0.25, 0.3) is 0 Å². The van der Waals surface area contributed by atoms with Crippen molar-refractivity contribution in [3.8, 4) is 0 Å². The maximum absolute atomic E-state index is 11.7. The Morgan fingerprint density at radius 2 is 2.21 bits per heavy atom. The summed E-state index contributed by atoms with van der Waals surface area (Å²) in [5.41, 5.74) is 1.82. The average Bonchev–Trinajstić information content (AvgIpc) is 2.66. The van der Waals surface area contributed by atoms with Crippen LogP contribution in [0.15, 0.2) is 18.2 Å². The second kappa shape index (κ2) is 5.21. The van der Waals surface area contributed by atoms with Crippen LogP contribution in [0, 0.1) is 6.92 Å². The molecule has 0 aliphatic carbocycles. The first-order valence-corrected chi connectivity index (χ1v) is 7.91. The zero-order valence-corrected chi connectivity index (χ0v) is 11.5. The molecule has 0 bridgehead atoms. The van der Waals surface area contributed by atoms with Crippen LogP contribution in [-0.2, 0) is 9.84 Å². The predicted octanol–water partition coefficient (Wildman–Crippen LogP) is 1.68. The molecule has 1 atom stereocenters. The topological polar surface area (TPSA) is 83.5 Å². The average molecular weight is 283 g/mol. The van der Waals surface area contributed by atoms with Crippen molar-refractivity contribution in [3.63, 3.8) is 0 Å². The molecular formula is C13H17NO4S. The van der Waals surface area contributed by atoms with E-state index in [4.69, 9.17) is 5.11 Å². The Morgan fingerprint density at radius 1 is 1.47 bits per heavy atom. The number of rotatable bonds is 4. The van der Waals surface area contributed by atoms with Crippen LogP contribution in [-0.4, -0.2) is 37.0 Å². The van der Waals surface area contributed by atoms with Gasteiger partial charge in [-0.1, -0.05) is 0 Å². The number of carboxylic acid groups (broad SMARTS) is 1. The van der Waals surface area contributed by atoms with E-state index in [0.29, 0.717) is 13.0 Å². The largest absolute Gasteiger partial charge is 0.478 e. The molecule has 1 aromatic carbocycles. The molecule has 0 radical (unpaired) electrons. The van der Waals surface area contributed by atoms with Crippen molar-refractivity contribution in [3.05, 3.63) is 29.3 Å². The van der Waals surface area contributed by atoms with E-state index in [0.717, 1.165) is 17.7 Å². The van der Waals surface area contributed by atoms with Gasteiger partial charge in [0.25, 0.3) is 0 Å². The van der Waals surface area contributed by atoms with Crippen molar-refractivity contribution < 1.29 is 18.3 Å². The summed E-state index contributed by atoms with van der Waals surface area (Å²) in [6.45, 7) is 2.19. The summed E-state index contributed by atoms with van der Waals surface area (Å²) >= 11 is 0. The van der Waals surface area contributed by atoms with E-state index in [-0.39, 0.29) is 16.6 Å². The Labute approximate surface area is 112 Å². The number of sulfone groups is 1.